The van der Waals surface area contributed by atoms with Crippen LogP contribution in [0.15, 0.2) is 24.3 Å². The molecule has 0 saturated carbocycles. The van der Waals surface area contributed by atoms with Crippen LogP contribution in [0.2, 0.25) is 0 Å². The average Bonchev–Trinajstić information content (AvgIpc) is 2.34. The van der Waals surface area contributed by atoms with Gasteiger partial charge < -0.3 is 10.1 Å². The lowest BCUT2D eigenvalue weighted by Crippen LogP contribution is -2.22. The van der Waals surface area contributed by atoms with E-state index in [1.807, 2.05) is 23.9 Å². The van der Waals surface area contributed by atoms with Crippen LogP contribution in [-0.4, -0.2) is 25.7 Å². The van der Waals surface area contributed by atoms with Crippen LogP contribution >= 0.6 is 11.8 Å². The Bertz CT molecular complexity index is 304. The van der Waals surface area contributed by atoms with Gasteiger partial charge in [0, 0.05) is 11.6 Å². The molecule has 0 fully saturated rings. The Morgan fingerprint density at radius 3 is 2.75 bits per heavy atom. The molecule has 0 aliphatic rings. The van der Waals surface area contributed by atoms with E-state index >= 15 is 0 Å². The number of hydrogen-bond acceptors (Lipinski definition) is 3. The molecule has 0 aliphatic carbocycles. The quantitative estimate of drug-likeness (QED) is 0.790. The third-order valence-electron chi connectivity index (χ3n) is 2.58. The van der Waals surface area contributed by atoms with Crippen molar-refractivity contribution in [3.8, 4) is 5.75 Å². The SMILES string of the molecule is CCNC(CCSC)c1ccccc1OC. The van der Waals surface area contributed by atoms with Crippen molar-refractivity contribution < 1.29 is 4.74 Å². The molecule has 1 rings (SSSR count). The number of nitrogens with one attached hydrogen (secondary N) is 1. The molecular weight excluding hydrogens is 218 g/mol. The maximum Gasteiger partial charge on any atom is 0.123 e. The molecule has 1 N–H and O–H groups in total. The van der Waals surface area contributed by atoms with E-state index in [1.165, 1.54) is 5.56 Å². The Morgan fingerprint density at radius 1 is 1.38 bits per heavy atom. The molecule has 3 heteroatoms. The van der Waals surface area contributed by atoms with Gasteiger partial charge in [0.05, 0.1) is 7.11 Å². The number of rotatable bonds is 7. The van der Waals surface area contributed by atoms with Crippen molar-refractivity contribution in [1.82, 2.24) is 5.32 Å². The first-order valence-corrected chi connectivity index (χ1v) is 7.08. The first-order valence-electron chi connectivity index (χ1n) is 5.68. The van der Waals surface area contributed by atoms with Crippen molar-refractivity contribution >= 4 is 11.8 Å². The van der Waals surface area contributed by atoms with Crippen molar-refractivity contribution in [2.45, 2.75) is 19.4 Å². The van der Waals surface area contributed by atoms with Crippen molar-refractivity contribution in [1.29, 1.82) is 0 Å². The molecule has 0 spiro atoms. The normalized spacial score (nSPS) is 12.4. The topological polar surface area (TPSA) is 21.3 Å². The molecule has 1 unspecified atom stereocenters. The second-order valence-electron chi connectivity index (χ2n) is 3.63. The lowest BCUT2D eigenvalue weighted by Gasteiger charge is -2.20. The average molecular weight is 239 g/mol. The van der Waals surface area contributed by atoms with Crippen LogP contribution in [0.3, 0.4) is 0 Å². The van der Waals surface area contributed by atoms with Crippen molar-refractivity contribution in [3.05, 3.63) is 29.8 Å². The summed E-state index contributed by atoms with van der Waals surface area (Å²) in [5, 5.41) is 3.52. The van der Waals surface area contributed by atoms with Crippen LogP contribution in [0.25, 0.3) is 0 Å². The van der Waals surface area contributed by atoms with E-state index in [2.05, 4.69) is 30.6 Å². The van der Waals surface area contributed by atoms with E-state index in [0.29, 0.717) is 6.04 Å². The molecule has 1 aromatic rings. The summed E-state index contributed by atoms with van der Waals surface area (Å²) < 4.78 is 5.41. The largest absolute Gasteiger partial charge is 0.496 e. The summed E-state index contributed by atoms with van der Waals surface area (Å²) in [4.78, 5) is 0. The van der Waals surface area contributed by atoms with Gasteiger partial charge in [0.2, 0.25) is 0 Å². The number of para-hydroxylation sites is 1. The minimum absolute atomic E-state index is 0.397. The van der Waals surface area contributed by atoms with E-state index in [0.717, 1.165) is 24.5 Å². The maximum absolute atomic E-state index is 5.41. The van der Waals surface area contributed by atoms with Gasteiger partial charge >= 0.3 is 0 Å². The monoisotopic (exact) mass is 239 g/mol. The Balaban J connectivity index is 2.81. The van der Waals surface area contributed by atoms with Gasteiger partial charge in [-0.25, -0.2) is 0 Å². The summed E-state index contributed by atoms with van der Waals surface area (Å²) in [5.74, 6) is 2.14. The fourth-order valence-corrected chi connectivity index (χ4v) is 2.28. The molecule has 1 aromatic carbocycles. The van der Waals surface area contributed by atoms with Crippen LogP contribution in [0.1, 0.15) is 24.9 Å². The molecule has 2 nitrogen and oxygen atoms in total. The molecule has 0 aliphatic heterocycles. The second-order valence-corrected chi connectivity index (χ2v) is 4.62. The highest BCUT2D eigenvalue weighted by Gasteiger charge is 2.13. The van der Waals surface area contributed by atoms with Gasteiger partial charge in [-0.15, -0.1) is 0 Å². The Morgan fingerprint density at radius 2 is 2.12 bits per heavy atom. The molecule has 0 saturated heterocycles. The third-order valence-corrected chi connectivity index (χ3v) is 3.22. The van der Waals surface area contributed by atoms with E-state index in [9.17, 15) is 0 Å². The summed E-state index contributed by atoms with van der Waals surface area (Å²) in [7, 11) is 1.73. The number of ether oxygens (including phenoxy) is 1. The molecule has 0 aromatic heterocycles. The molecule has 16 heavy (non-hydrogen) atoms. The van der Waals surface area contributed by atoms with Gasteiger partial charge in [-0.05, 0) is 31.0 Å². The van der Waals surface area contributed by atoms with Gasteiger partial charge in [0.1, 0.15) is 5.75 Å². The zero-order valence-corrected chi connectivity index (χ0v) is 11.1. The Kier molecular flexibility index (Phi) is 6.34. The molecular formula is C13H21NOS. The zero-order chi connectivity index (χ0) is 11.8. The van der Waals surface area contributed by atoms with E-state index in [1.54, 1.807) is 7.11 Å². The molecule has 90 valence electrons. The van der Waals surface area contributed by atoms with Crippen LogP contribution < -0.4 is 10.1 Å². The zero-order valence-electron chi connectivity index (χ0n) is 10.3. The summed E-state index contributed by atoms with van der Waals surface area (Å²) >= 11 is 1.88. The lowest BCUT2D eigenvalue weighted by molar-refractivity contribution is 0.398. The highest BCUT2D eigenvalue weighted by Crippen LogP contribution is 2.27. The van der Waals surface area contributed by atoms with Crippen LogP contribution in [0.4, 0.5) is 0 Å². The van der Waals surface area contributed by atoms with Gasteiger partial charge in [0.15, 0.2) is 0 Å². The lowest BCUT2D eigenvalue weighted by atomic mass is 10.0. The maximum atomic E-state index is 5.41. The summed E-state index contributed by atoms with van der Waals surface area (Å²) in [6, 6.07) is 8.65. The van der Waals surface area contributed by atoms with Crippen molar-refractivity contribution in [3.63, 3.8) is 0 Å². The standard InChI is InChI=1S/C13H21NOS/c1-4-14-12(9-10-16-3)11-7-5-6-8-13(11)15-2/h5-8,12,14H,4,9-10H2,1-3H3. The van der Waals surface area contributed by atoms with Gasteiger partial charge in [0.25, 0.3) is 0 Å². The van der Waals surface area contributed by atoms with E-state index < -0.39 is 0 Å². The Hall–Kier alpha value is -0.670. The number of hydrogen-bond donors (Lipinski definition) is 1. The van der Waals surface area contributed by atoms with Crippen molar-refractivity contribution in [2.75, 3.05) is 25.7 Å². The molecule has 0 amide bonds. The number of thioether (sulfide) groups is 1. The molecule has 0 bridgehead atoms. The highest BCUT2D eigenvalue weighted by molar-refractivity contribution is 7.98. The van der Waals surface area contributed by atoms with Crippen LogP contribution in [-0.2, 0) is 0 Å². The van der Waals surface area contributed by atoms with Crippen LogP contribution in [0, 0.1) is 0 Å². The predicted molar refractivity (Wildman–Crippen MR) is 72.4 cm³/mol. The minimum atomic E-state index is 0.397. The molecule has 0 heterocycles. The van der Waals surface area contributed by atoms with Crippen molar-refractivity contribution in [2.24, 2.45) is 0 Å². The summed E-state index contributed by atoms with van der Waals surface area (Å²) in [6.07, 6.45) is 3.28. The van der Waals surface area contributed by atoms with Gasteiger partial charge in [-0.1, -0.05) is 25.1 Å². The fourth-order valence-electron chi connectivity index (χ4n) is 1.80. The summed E-state index contributed by atoms with van der Waals surface area (Å²) in [6.45, 7) is 3.12. The second kappa shape index (κ2) is 7.58. The van der Waals surface area contributed by atoms with E-state index in [-0.39, 0.29) is 0 Å². The smallest absolute Gasteiger partial charge is 0.123 e. The van der Waals surface area contributed by atoms with Gasteiger partial charge in [-0.3, -0.25) is 0 Å². The number of benzene rings is 1. The van der Waals surface area contributed by atoms with Crippen LogP contribution in [0.5, 0.6) is 5.75 Å². The third kappa shape index (κ3) is 3.72. The first kappa shape index (κ1) is 13.4. The van der Waals surface area contributed by atoms with E-state index in [4.69, 9.17) is 4.74 Å². The van der Waals surface area contributed by atoms with Gasteiger partial charge in [-0.2, -0.15) is 11.8 Å². The fraction of sp³-hybridized carbons (Fsp3) is 0.538. The predicted octanol–water partition coefficient (Wildman–Crippen LogP) is 3.10. The minimum Gasteiger partial charge on any atom is -0.496 e. The highest BCUT2D eigenvalue weighted by atomic mass is 32.2. The number of methoxy groups -OCH3 is 1. The summed E-state index contributed by atoms with van der Waals surface area (Å²) in [5.41, 5.74) is 1.26. The molecule has 0 radical (unpaired) electrons. The Labute approximate surface area is 103 Å². The molecule has 1 atom stereocenters. The first-order chi connectivity index (χ1) is 7.83.